The lowest BCUT2D eigenvalue weighted by molar-refractivity contribution is -0.143. The van der Waals surface area contributed by atoms with E-state index in [2.05, 4.69) is 11.2 Å². The van der Waals surface area contributed by atoms with Gasteiger partial charge in [-0.1, -0.05) is 12.8 Å². The van der Waals surface area contributed by atoms with Crippen molar-refractivity contribution in [1.82, 2.24) is 10.2 Å². The number of terminal acetylenes is 1. The van der Waals surface area contributed by atoms with Gasteiger partial charge in [0.05, 0.1) is 6.54 Å². The molecule has 0 fully saturated rings. The Morgan fingerprint density at radius 3 is 2.47 bits per heavy atom. The first-order chi connectivity index (χ1) is 6.87. The molecule has 2 amide bonds. The van der Waals surface area contributed by atoms with Crippen LogP contribution in [-0.4, -0.2) is 41.1 Å². The molecule has 0 aliphatic heterocycles. The molecule has 1 atom stereocenters. The molecule has 0 aromatic heterocycles. The minimum atomic E-state index is -1.25. The van der Waals surface area contributed by atoms with E-state index in [-0.39, 0.29) is 6.54 Å². The van der Waals surface area contributed by atoms with Crippen LogP contribution in [0.1, 0.15) is 20.3 Å². The molecule has 0 aliphatic rings. The van der Waals surface area contributed by atoms with Crippen LogP contribution in [0.2, 0.25) is 0 Å². The number of rotatable bonds is 4. The molecule has 1 unspecified atom stereocenters. The number of carbonyl (C=O) groups is 2. The predicted octanol–water partition coefficient (Wildman–Crippen LogP) is 0.514. The molecule has 0 saturated carbocycles. The van der Waals surface area contributed by atoms with E-state index in [1.54, 1.807) is 6.92 Å². The number of urea groups is 1. The summed E-state index contributed by atoms with van der Waals surface area (Å²) in [6, 6.07) is -0.486. The van der Waals surface area contributed by atoms with E-state index in [9.17, 15) is 9.59 Å². The van der Waals surface area contributed by atoms with E-state index < -0.39 is 17.5 Å². The van der Waals surface area contributed by atoms with Crippen molar-refractivity contribution in [2.24, 2.45) is 0 Å². The molecule has 0 aromatic rings. The second-order valence-corrected chi connectivity index (χ2v) is 3.48. The third kappa shape index (κ3) is 3.50. The van der Waals surface area contributed by atoms with Gasteiger partial charge in [-0.2, -0.15) is 0 Å². The van der Waals surface area contributed by atoms with Crippen LogP contribution in [0.4, 0.5) is 4.79 Å². The average Bonchev–Trinajstić information content (AvgIpc) is 2.17. The minimum Gasteiger partial charge on any atom is -0.480 e. The third-order valence-corrected chi connectivity index (χ3v) is 2.24. The van der Waals surface area contributed by atoms with Crippen LogP contribution in [0, 0.1) is 12.3 Å². The Bertz CT molecular complexity index is 296. The quantitative estimate of drug-likeness (QED) is 0.667. The van der Waals surface area contributed by atoms with E-state index in [1.807, 2.05) is 0 Å². The fourth-order valence-corrected chi connectivity index (χ4v) is 0.833. The summed E-state index contributed by atoms with van der Waals surface area (Å²) < 4.78 is 0. The Morgan fingerprint density at radius 1 is 1.60 bits per heavy atom. The number of amides is 2. The minimum absolute atomic E-state index is 0.144. The number of nitrogens with zero attached hydrogens (tertiary/aromatic N) is 1. The molecule has 0 radical (unpaired) electrons. The normalized spacial score (nSPS) is 13.5. The van der Waals surface area contributed by atoms with Gasteiger partial charge in [0.25, 0.3) is 0 Å². The molecule has 5 nitrogen and oxygen atoms in total. The van der Waals surface area contributed by atoms with Gasteiger partial charge in [-0.25, -0.2) is 9.59 Å². The van der Waals surface area contributed by atoms with Gasteiger partial charge in [0.15, 0.2) is 0 Å². The lowest BCUT2D eigenvalue weighted by atomic mass is 10.00. The Kier molecular flexibility index (Phi) is 4.65. The maximum atomic E-state index is 11.5. The Hall–Kier alpha value is -1.70. The zero-order valence-electron chi connectivity index (χ0n) is 9.20. The lowest BCUT2D eigenvalue weighted by Crippen LogP contribution is -2.55. The van der Waals surface area contributed by atoms with Gasteiger partial charge in [-0.15, -0.1) is 6.42 Å². The van der Waals surface area contributed by atoms with Crippen molar-refractivity contribution >= 4 is 12.0 Å². The Labute approximate surface area is 89.4 Å². The second kappa shape index (κ2) is 5.25. The van der Waals surface area contributed by atoms with Crippen molar-refractivity contribution in [1.29, 1.82) is 0 Å². The van der Waals surface area contributed by atoms with Crippen LogP contribution in [-0.2, 0) is 4.79 Å². The first kappa shape index (κ1) is 13.3. The van der Waals surface area contributed by atoms with Crippen molar-refractivity contribution in [2.45, 2.75) is 25.8 Å². The number of carboxylic acids is 1. The number of hydrogen-bond donors (Lipinski definition) is 2. The number of nitrogens with one attached hydrogen (secondary N) is 1. The van der Waals surface area contributed by atoms with Crippen molar-refractivity contribution in [3.63, 3.8) is 0 Å². The van der Waals surface area contributed by atoms with Gasteiger partial charge in [-0.05, 0) is 13.3 Å². The Balaban J connectivity index is 4.51. The molecule has 5 heteroatoms. The SMILES string of the molecule is C#CCN(C)C(=O)NC(C)(CC)C(=O)O. The first-order valence-electron chi connectivity index (χ1n) is 4.57. The first-order valence-corrected chi connectivity index (χ1v) is 4.57. The van der Waals surface area contributed by atoms with Gasteiger partial charge >= 0.3 is 12.0 Å². The standard InChI is InChI=1S/C10H16N2O3/c1-5-7-12(4)9(15)11-10(3,6-2)8(13)14/h1H,6-7H2,2-4H3,(H,11,15)(H,13,14). The molecule has 0 heterocycles. The van der Waals surface area contributed by atoms with Gasteiger partial charge in [0.1, 0.15) is 5.54 Å². The zero-order chi connectivity index (χ0) is 12.1. The third-order valence-electron chi connectivity index (χ3n) is 2.24. The monoisotopic (exact) mass is 212 g/mol. The highest BCUT2D eigenvalue weighted by Gasteiger charge is 2.33. The molecular weight excluding hydrogens is 196 g/mol. The van der Waals surface area contributed by atoms with Crippen molar-refractivity contribution in [2.75, 3.05) is 13.6 Å². The van der Waals surface area contributed by atoms with Crippen LogP contribution < -0.4 is 5.32 Å². The van der Waals surface area contributed by atoms with Crippen LogP contribution in [0.25, 0.3) is 0 Å². The lowest BCUT2D eigenvalue weighted by Gasteiger charge is -2.27. The highest BCUT2D eigenvalue weighted by atomic mass is 16.4. The van der Waals surface area contributed by atoms with Crippen LogP contribution in [0.5, 0.6) is 0 Å². The zero-order valence-corrected chi connectivity index (χ0v) is 9.20. The molecule has 15 heavy (non-hydrogen) atoms. The summed E-state index contributed by atoms with van der Waals surface area (Å²) in [7, 11) is 1.51. The topological polar surface area (TPSA) is 69.6 Å². The summed E-state index contributed by atoms with van der Waals surface area (Å²) in [6.45, 7) is 3.29. The molecular formula is C10H16N2O3. The molecule has 0 aliphatic carbocycles. The van der Waals surface area contributed by atoms with Gasteiger partial charge in [-0.3, -0.25) is 0 Å². The Morgan fingerprint density at radius 2 is 2.13 bits per heavy atom. The molecule has 0 bridgehead atoms. The van der Waals surface area contributed by atoms with Gasteiger partial charge in [0, 0.05) is 7.05 Å². The van der Waals surface area contributed by atoms with E-state index in [0.717, 1.165) is 0 Å². The van der Waals surface area contributed by atoms with E-state index in [0.29, 0.717) is 6.42 Å². The summed E-state index contributed by atoms with van der Waals surface area (Å²) >= 11 is 0. The van der Waals surface area contributed by atoms with Crippen molar-refractivity contribution in [3.05, 3.63) is 0 Å². The molecule has 2 N–H and O–H groups in total. The van der Waals surface area contributed by atoms with Crippen molar-refractivity contribution < 1.29 is 14.7 Å². The summed E-state index contributed by atoms with van der Waals surface area (Å²) in [5.74, 6) is 1.24. The smallest absolute Gasteiger partial charge is 0.329 e. The summed E-state index contributed by atoms with van der Waals surface area (Å²) in [4.78, 5) is 23.6. The predicted molar refractivity (Wildman–Crippen MR) is 56.3 cm³/mol. The molecule has 0 aromatic carbocycles. The molecule has 0 saturated heterocycles. The van der Waals surface area contributed by atoms with Gasteiger partial charge in [0.2, 0.25) is 0 Å². The maximum absolute atomic E-state index is 11.5. The summed E-state index contributed by atoms with van der Waals surface area (Å²) in [5, 5.41) is 11.3. The van der Waals surface area contributed by atoms with Crippen molar-refractivity contribution in [3.8, 4) is 12.3 Å². The molecule has 84 valence electrons. The van der Waals surface area contributed by atoms with E-state index in [1.165, 1.54) is 18.9 Å². The molecule has 0 rings (SSSR count). The maximum Gasteiger partial charge on any atom is 0.329 e. The van der Waals surface area contributed by atoms with Crippen LogP contribution in [0.3, 0.4) is 0 Å². The fraction of sp³-hybridized carbons (Fsp3) is 0.600. The largest absolute Gasteiger partial charge is 0.480 e. The average molecular weight is 212 g/mol. The van der Waals surface area contributed by atoms with Crippen LogP contribution >= 0.6 is 0 Å². The fourth-order valence-electron chi connectivity index (χ4n) is 0.833. The highest BCUT2D eigenvalue weighted by molar-refractivity contribution is 5.85. The summed E-state index contributed by atoms with van der Waals surface area (Å²) in [5.41, 5.74) is -1.25. The number of aliphatic carboxylic acids is 1. The number of carbonyl (C=O) groups excluding carboxylic acids is 1. The molecule has 0 spiro atoms. The second-order valence-electron chi connectivity index (χ2n) is 3.48. The highest BCUT2D eigenvalue weighted by Crippen LogP contribution is 2.09. The summed E-state index contributed by atoms with van der Waals surface area (Å²) in [6.07, 6.45) is 5.34. The van der Waals surface area contributed by atoms with Crippen LogP contribution in [0.15, 0.2) is 0 Å². The van der Waals surface area contributed by atoms with E-state index >= 15 is 0 Å². The van der Waals surface area contributed by atoms with E-state index in [4.69, 9.17) is 11.5 Å². The number of carboxylic acid groups (broad SMARTS) is 1. The van der Waals surface area contributed by atoms with Gasteiger partial charge < -0.3 is 15.3 Å². The number of hydrogen-bond acceptors (Lipinski definition) is 2.